The predicted octanol–water partition coefficient (Wildman–Crippen LogP) is 9.97. The summed E-state index contributed by atoms with van der Waals surface area (Å²) in [6.07, 6.45) is 2.13. The number of benzene rings is 5. The number of anilines is 3. The number of fused-ring (bicyclic) bond motifs is 4. The van der Waals surface area contributed by atoms with Crippen LogP contribution in [0.2, 0.25) is 0 Å². The Morgan fingerprint density at radius 1 is 0.615 bits per heavy atom. The first kappa shape index (κ1) is 23.9. The fourth-order valence-electron chi connectivity index (χ4n) is 6.50. The van der Waals surface area contributed by atoms with Crippen molar-refractivity contribution in [3.63, 3.8) is 0 Å². The van der Waals surface area contributed by atoms with E-state index in [4.69, 9.17) is 0 Å². The Morgan fingerprint density at radius 3 is 1.85 bits per heavy atom. The van der Waals surface area contributed by atoms with Gasteiger partial charge in [0, 0.05) is 31.3 Å². The summed E-state index contributed by atoms with van der Waals surface area (Å²) in [6.45, 7) is 4.62. The molecule has 0 atom stereocenters. The second kappa shape index (κ2) is 9.21. The summed E-state index contributed by atoms with van der Waals surface area (Å²) in [5.74, 6) is 0. The van der Waals surface area contributed by atoms with Gasteiger partial charge in [-0.1, -0.05) is 80.6 Å². The zero-order chi connectivity index (χ0) is 26.6. The molecule has 190 valence electrons. The first-order valence-corrected chi connectivity index (χ1v) is 14.5. The molecule has 39 heavy (non-hydrogen) atoms. The fraction of sp³-hybridized carbons (Fsp3) is 0.139. The highest BCUT2D eigenvalue weighted by atomic mass is 32.1. The average Bonchev–Trinajstić information content (AvgIpc) is 3.00. The van der Waals surface area contributed by atoms with Gasteiger partial charge in [0.25, 0.3) is 0 Å². The first-order valence-electron chi connectivity index (χ1n) is 13.7. The fourth-order valence-corrected chi connectivity index (χ4v) is 7.61. The van der Waals surface area contributed by atoms with Gasteiger partial charge in [0.05, 0.1) is 11.4 Å². The van der Waals surface area contributed by atoms with Crippen LogP contribution in [0.4, 0.5) is 17.1 Å². The van der Waals surface area contributed by atoms with E-state index in [0.717, 1.165) is 49.8 Å². The van der Waals surface area contributed by atoms with Gasteiger partial charge >= 0.3 is 0 Å². The van der Waals surface area contributed by atoms with Crippen LogP contribution >= 0.6 is 11.3 Å². The highest BCUT2D eigenvalue weighted by Crippen LogP contribution is 2.54. The van der Waals surface area contributed by atoms with Gasteiger partial charge in [-0.05, 0) is 83.6 Å². The Balaban J connectivity index is 1.33. The van der Waals surface area contributed by atoms with Crippen LogP contribution < -0.4 is 10.3 Å². The largest absolute Gasteiger partial charge is 0.310 e. The van der Waals surface area contributed by atoms with Crippen LogP contribution in [0.25, 0.3) is 31.3 Å². The van der Waals surface area contributed by atoms with E-state index in [0.29, 0.717) is 0 Å². The zero-order valence-electron chi connectivity index (χ0n) is 22.1. The summed E-state index contributed by atoms with van der Waals surface area (Å²) < 4.78 is 2.05. The highest BCUT2D eigenvalue weighted by Gasteiger charge is 2.40. The van der Waals surface area contributed by atoms with E-state index < -0.39 is 0 Å². The highest BCUT2D eigenvalue weighted by molar-refractivity contribution is 7.24. The van der Waals surface area contributed by atoms with Crippen molar-refractivity contribution in [1.29, 1.82) is 0 Å². The van der Waals surface area contributed by atoms with E-state index >= 15 is 0 Å². The van der Waals surface area contributed by atoms with E-state index in [2.05, 4.69) is 104 Å². The molecule has 0 unspecified atom stereocenters. The van der Waals surface area contributed by atoms with E-state index in [-0.39, 0.29) is 10.8 Å². The molecule has 0 spiro atoms. The van der Waals surface area contributed by atoms with Crippen LogP contribution in [0.3, 0.4) is 0 Å². The maximum absolute atomic E-state index is 13.0. The van der Waals surface area contributed by atoms with Gasteiger partial charge in [0.2, 0.25) is 0 Å². The van der Waals surface area contributed by atoms with Crippen LogP contribution in [0, 0.1) is 0 Å². The molecule has 0 radical (unpaired) electrons. The van der Waals surface area contributed by atoms with Crippen molar-refractivity contribution in [2.45, 2.75) is 32.1 Å². The quantitative estimate of drug-likeness (QED) is 0.214. The summed E-state index contributed by atoms with van der Waals surface area (Å²) in [4.78, 5) is 15.5. The molecule has 1 aliphatic rings. The lowest BCUT2D eigenvalue weighted by Crippen LogP contribution is -2.34. The first-order chi connectivity index (χ1) is 19.1. The van der Waals surface area contributed by atoms with E-state index in [1.807, 2.05) is 30.3 Å². The minimum absolute atomic E-state index is 0.0144. The van der Waals surface area contributed by atoms with Gasteiger partial charge in [0.15, 0.2) is 5.43 Å². The van der Waals surface area contributed by atoms with Gasteiger partial charge in [-0.3, -0.25) is 4.79 Å². The molecule has 0 fully saturated rings. The zero-order valence-corrected chi connectivity index (χ0v) is 23.0. The third-order valence-corrected chi connectivity index (χ3v) is 9.70. The Kier molecular flexibility index (Phi) is 5.64. The lowest BCUT2D eigenvalue weighted by molar-refractivity contribution is 0.474. The van der Waals surface area contributed by atoms with Gasteiger partial charge < -0.3 is 4.90 Å². The molecular weight excluding hydrogens is 494 g/mol. The normalized spacial score (nSPS) is 13.8. The minimum Gasteiger partial charge on any atom is -0.310 e. The molecule has 0 aliphatic carbocycles. The molecule has 0 bridgehead atoms. The molecule has 0 saturated heterocycles. The van der Waals surface area contributed by atoms with Gasteiger partial charge in [-0.15, -0.1) is 11.3 Å². The molecular formula is C36H29NOS. The molecule has 1 aliphatic heterocycles. The molecule has 6 aromatic rings. The standard InChI is InChI=1S/C36H29NOS/c1-3-36(4-2)29-12-6-8-14-31(29)37(32-15-9-7-13-30(32)36)26-20-17-24(18-21-26)25-19-22-28-34(23-25)39-33-16-10-5-11-27(33)35(28)38/h5-23H,3-4H2,1-2H3. The predicted molar refractivity (Wildman–Crippen MR) is 167 cm³/mol. The van der Waals surface area contributed by atoms with Crippen molar-refractivity contribution in [3.8, 4) is 11.1 Å². The lowest BCUT2D eigenvalue weighted by Gasteiger charge is -2.45. The second-order valence-electron chi connectivity index (χ2n) is 10.3. The third kappa shape index (κ3) is 3.57. The molecule has 0 amide bonds. The van der Waals surface area contributed by atoms with E-state index in [1.54, 1.807) is 11.3 Å². The summed E-state index contributed by atoms with van der Waals surface area (Å²) >= 11 is 1.68. The molecule has 5 aromatic carbocycles. The number of rotatable bonds is 4. The van der Waals surface area contributed by atoms with Crippen molar-refractivity contribution >= 4 is 48.6 Å². The van der Waals surface area contributed by atoms with Crippen LogP contribution in [0.1, 0.15) is 37.8 Å². The number of hydrogen-bond donors (Lipinski definition) is 0. The molecule has 1 aromatic heterocycles. The molecule has 2 heterocycles. The molecule has 0 N–H and O–H groups in total. The molecule has 3 heteroatoms. The van der Waals surface area contributed by atoms with Gasteiger partial charge in [0.1, 0.15) is 0 Å². The molecule has 2 nitrogen and oxygen atoms in total. The van der Waals surface area contributed by atoms with Crippen molar-refractivity contribution in [2.24, 2.45) is 0 Å². The summed E-state index contributed by atoms with van der Waals surface area (Å²) in [6, 6.07) is 40.7. The Morgan fingerprint density at radius 2 is 1.18 bits per heavy atom. The lowest BCUT2D eigenvalue weighted by atomic mass is 9.67. The minimum atomic E-state index is 0.0144. The van der Waals surface area contributed by atoms with Crippen LogP contribution in [-0.2, 0) is 5.41 Å². The third-order valence-electron chi connectivity index (χ3n) is 8.56. The van der Waals surface area contributed by atoms with Crippen LogP contribution in [0.15, 0.2) is 120 Å². The number of hydrogen-bond acceptors (Lipinski definition) is 3. The summed E-state index contributed by atoms with van der Waals surface area (Å²) in [7, 11) is 0. The van der Waals surface area contributed by atoms with Crippen molar-refractivity contribution in [1.82, 2.24) is 0 Å². The molecule has 0 saturated carbocycles. The van der Waals surface area contributed by atoms with E-state index in [9.17, 15) is 4.79 Å². The number of para-hydroxylation sites is 2. The smallest absolute Gasteiger partial charge is 0.195 e. The summed E-state index contributed by atoms with van der Waals surface area (Å²) in [5, 5.41) is 1.58. The Hall–Kier alpha value is -4.21. The Labute approximate surface area is 232 Å². The SMILES string of the molecule is CCC1(CC)c2ccccc2N(c2ccc(-c3ccc4c(=O)c5ccccc5sc4c3)cc2)c2ccccc21. The topological polar surface area (TPSA) is 20.3 Å². The molecule has 7 rings (SSSR count). The van der Waals surface area contributed by atoms with Crippen molar-refractivity contribution < 1.29 is 0 Å². The van der Waals surface area contributed by atoms with Gasteiger partial charge in [-0.25, -0.2) is 0 Å². The van der Waals surface area contributed by atoms with Gasteiger partial charge in [-0.2, -0.15) is 0 Å². The maximum Gasteiger partial charge on any atom is 0.195 e. The van der Waals surface area contributed by atoms with Crippen molar-refractivity contribution in [2.75, 3.05) is 4.90 Å². The summed E-state index contributed by atoms with van der Waals surface area (Å²) in [5.41, 5.74) is 8.85. The van der Waals surface area contributed by atoms with Crippen LogP contribution in [-0.4, -0.2) is 0 Å². The van der Waals surface area contributed by atoms with E-state index in [1.165, 1.54) is 22.5 Å². The van der Waals surface area contributed by atoms with Crippen LogP contribution in [0.5, 0.6) is 0 Å². The second-order valence-corrected chi connectivity index (χ2v) is 11.4. The monoisotopic (exact) mass is 523 g/mol. The number of nitrogens with zero attached hydrogens (tertiary/aromatic N) is 1. The van der Waals surface area contributed by atoms with Crippen molar-refractivity contribution in [3.05, 3.63) is 137 Å². The average molecular weight is 524 g/mol. The Bertz CT molecular complexity index is 1860. The maximum atomic E-state index is 13.0.